The van der Waals surface area contributed by atoms with E-state index in [1.54, 1.807) is 54.6 Å². The van der Waals surface area contributed by atoms with Gasteiger partial charge >= 0.3 is 12.1 Å². The number of hydrogen-bond acceptors (Lipinski definition) is 11. The van der Waals surface area contributed by atoms with Crippen molar-refractivity contribution in [1.82, 2.24) is 31.1 Å². The number of carbonyl (C=O) groups is 9. The summed E-state index contributed by atoms with van der Waals surface area (Å²) in [6.45, 7) is -1.12. The number of nitrogens with one attached hydrogen (secondary N) is 5. The van der Waals surface area contributed by atoms with Gasteiger partial charge in [-0.3, -0.25) is 48.2 Å². The van der Waals surface area contributed by atoms with Gasteiger partial charge in [0.05, 0.1) is 13.1 Å². The molecule has 4 rings (SSSR count). The summed E-state index contributed by atoms with van der Waals surface area (Å²) in [6, 6.07) is 13.6. The van der Waals surface area contributed by atoms with Gasteiger partial charge in [-0.2, -0.15) is 0 Å². The Morgan fingerprint density at radius 3 is 2.18 bits per heavy atom. The van der Waals surface area contributed by atoms with E-state index in [0.717, 1.165) is 4.90 Å². The number of ether oxygens (including phenoxy) is 2. The smallest absolute Gasteiger partial charge is 0.410 e. The van der Waals surface area contributed by atoms with Crippen LogP contribution in [0.25, 0.3) is 0 Å². The first-order chi connectivity index (χ1) is 26.4. The molecule has 18 heteroatoms. The molecule has 0 radical (unpaired) electrons. The maximum atomic E-state index is 13.1. The Hall–Kier alpha value is -6.59. The topological polar surface area (TPSA) is 238 Å². The third kappa shape index (κ3) is 13.7. The number of imide groups is 1. The Kier molecular flexibility index (Phi) is 15.4. The number of amides is 8. The number of unbranched alkanes of at least 4 members (excludes halogenated alkanes) is 2. The molecule has 2 aliphatic rings. The predicted octanol–water partition coefficient (Wildman–Crippen LogP) is -0.320. The lowest BCUT2D eigenvalue weighted by atomic mass is 10.1. The van der Waals surface area contributed by atoms with Gasteiger partial charge in [0.15, 0.2) is 6.61 Å². The molecule has 0 bridgehead atoms. The van der Waals surface area contributed by atoms with Crippen LogP contribution in [0.15, 0.2) is 66.7 Å². The molecule has 55 heavy (non-hydrogen) atoms. The minimum absolute atomic E-state index is 0.0412. The van der Waals surface area contributed by atoms with Crippen LogP contribution < -0.4 is 26.6 Å². The highest BCUT2D eigenvalue weighted by molar-refractivity contribution is 6.12. The number of nitrogens with zero attached hydrogens (tertiary/aromatic N) is 2. The van der Waals surface area contributed by atoms with Gasteiger partial charge in [-0.1, -0.05) is 48.9 Å². The summed E-state index contributed by atoms with van der Waals surface area (Å²) in [5.41, 5.74) is 1.77. The molecule has 0 aliphatic carbocycles. The van der Waals surface area contributed by atoms with E-state index in [1.807, 2.05) is 0 Å². The Morgan fingerprint density at radius 1 is 0.782 bits per heavy atom. The fourth-order valence-corrected chi connectivity index (χ4v) is 5.28. The third-order valence-corrected chi connectivity index (χ3v) is 8.33. The van der Waals surface area contributed by atoms with E-state index in [-0.39, 0.29) is 50.3 Å². The van der Waals surface area contributed by atoms with Crippen molar-refractivity contribution in [3.05, 3.63) is 77.9 Å². The van der Waals surface area contributed by atoms with E-state index in [9.17, 15) is 43.2 Å². The maximum Gasteiger partial charge on any atom is 0.410 e. The van der Waals surface area contributed by atoms with Crippen molar-refractivity contribution in [1.29, 1.82) is 0 Å². The lowest BCUT2D eigenvalue weighted by molar-refractivity contribution is -0.148. The van der Waals surface area contributed by atoms with Gasteiger partial charge in [0.2, 0.25) is 23.6 Å². The summed E-state index contributed by atoms with van der Waals surface area (Å²) in [7, 11) is 1.49. The highest BCUT2D eigenvalue weighted by Gasteiger charge is 2.44. The summed E-state index contributed by atoms with van der Waals surface area (Å²) in [4.78, 5) is 112. The molecule has 2 aliphatic heterocycles. The van der Waals surface area contributed by atoms with Crippen LogP contribution in [0.2, 0.25) is 0 Å². The summed E-state index contributed by atoms with van der Waals surface area (Å²) in [5.74, 6) is -4.28. The summed E-state index contributed by atoms with van der Waals surface area (Å²) in [5, 5.41) is 12.5. The van der Waals surface area contributed by atoms with E-state index in [0.29, 0.717) is 36.1 Å². The normalized spacial score (nSPS) is 14.7. The van der Waals surface area contributed by atoms with Crippen LogP contribution in [-0.4, -0.2) is 115 Å². The molecule has 0 spiro atoms. The van der Waals surface area contributed by atoms with Crippen LogP contribution in [0.5, 0.6) is 0 Å². The highest BCUT2D eigenvalue weighted by Crippen LogP contribution is 2.20. The molecule has 0 unspecified atom stereocenters. The van der Waals surface area contributed by atoms with E-state index in [2.05, 4.69) is 26.6 Å². The van der Waals surface area contributed by atoms with Crippen molar-refractivity contribution < 1.29 is 52.6 Å². The lowest BCUT2D eigenvalue weighted by Crippen LogP contribution is -2.50. The first-order valence-corrected chi connectivity index (χ1v) is 17.5. The molecule has 8 amide bonds. The van der Waals surface area contributed by atoms with Gasteiger partial charge in [0, 0.05) is 44.3 Å². The van der Waals surface area contributed by atoms with E-state index in [1.165, 1.54) is 24.1 Å². The van der Waals surface area contributed by atoms with Crippen LogP contribution in [0, 0.1) is 0 Å². The SMILES string of the molecule is CNC(=O)[C@@H]1CN1C(=O)OCc1ccc(NC(=O)CNC(=O)[C@H](Cc2ccccc2)NC(=O)COC(=O)CNC(=O)CCCCCN2C(=O)C=CC2=O)cc1. The largest absolute Gasteiger partial charge is 0.454 e. The van der Waals surface area contributed by atoms with Gasteiger partial charge in [-0.05, 0) is 36.1 Å². The van der Waals surface area contributed by atoms with Crippen molar-refractivity contribution >= 4 is 59.1 Å². The quantitative estimate of drug-likeness (QED) is 0.0507. The number of hydrogen-bond donors (Lipinski definition) is 5. The second-order valence-corrected chi connectivity index (χ2v) is 12.5. The zero-order valence-electron chi connectivity index (χ0n) is 30.2. The van der Waals surface area contributed by atoms with E-state index < -0.39 is 67.5 Å². The number of likely N-dealkylation sites (N-methyl/N-ethyl adjacent to an activating group) is 1. The van der Waals surface area contributed by atoms with Crippen LogP contribution in [0.3, 0.4) is 0 Å². The average molecular weight is 762 g/mol. The van der Waals surface area contributed by atoms with E-state index in [4.69, 9.17) is 9.47 Å². The van der Waals surface area contributed by atoms with E-state index >= 15 is 0 Å². The molecule has 2 heterocycles. The third-order valence-electron chi connectivity index (χ3n) is 8.33. The zero-order valence-corrected chi connectivity index (χ0v) is 30.2. The van der Waals surface area contributed by atoms with Gasteiger partial charge in [0.1, 0.15) is 25.2 Å². The summed E-state index contributed by atoms with van der Waals surface area (Å²) < 4.78 is 10.2. The molecule has 0 aromatic heterocycles. The van der Waals surface area contributed by atoms with Gasteiger partial charge < -0.3 is 36.1 Å². The van der Waals surface area contributed by atoms with Crippen molar-refractivity contribution in [3.8, 4) is 0 Å². The fourth-order valence-electron chi connectivity index (χ4n) is 5.28. The van der Waals surface area contributed by atoms with Crippen LogP contribution in [0.4, 0.5) is 10.5 Å². The molecular weight excluding hydrogens is 718 g/mol. The zero-order chi connectivity index (χ0) is 39.7. The Bertz CT molecular complexity index is 1760. The molecule has 1 fully saturated rings. The first-order valence-electron chi connectivity index (χ1n) is 17.5. The van der Waals surface area contributed by atoms with Gasteiger partial charge in [-0.15, -0.1) is 0 Å². The van der Waals surface area contributed by atoms with Crippen molar-refractivity contribution in [3.63, 3.8) is 0 Å². The molecule has 292 valence electrons. The number of rotatable bonds is 20. The van der Waals surface area contributed by atoms with Crippen molar-refractivity contribution in [2.24, 2.45) is 0 Å². The molecular formula is C37H43N7O11. The van der Waals surface area contributed by atoms with Gasteiger partial charge in [0.25, 0.3) is 17.7 Å². The van der Waals surface area contributed by atoms with Crippen molar-refractivity contribution in [2.75, 3.05) is 45.2 Å². The number of carbonyl (C=O) groups excluding carboxylic acids is 9. The van der Waals surface area contributed by atoms with Crippen LogP contribution in [0.1, 0.15) is 36.8 Å². The predicted molar refractivity (Wildman–Crippen MR) is 193 cm³/mol. The van der Waals surface area contributed by atoms with Crippen LogP contribution >= 0.6 is 0 Å². The minimum Gasteiger partial charge on any atom is -0.454 e. The second-order valence-electron chi connectivity index (χ2n) is 12.5. The summed E-state index contributed by atoms with van der Waals surface area (Å²) >= 11 is 0. The fraction of sp³-hybridized carbons (Fsp3) is 0.378. The molecule has 2 aromatic carbocycles. The number of benzene rings is 2. The number of esters is 1. The van der Waals surface area contributed by atoms with Crippen LogP contribution in [-0.2, 0) is 60.9 Å². The standard InChI is InChI=1S/C37H43N7O11/c1-38-36(52)28-21-44(28)37(53)55-22-25-11-13-26(14-12-25)41-30(46)19-40-35(51)27(18-24-8-4-2-5-9-24)42-31(47)23-54-34(50)20-39-29(45)10-6-3-7-17-43-32(48)15-16-33(43)49/h2,4-5,8-9,11-16,27-28H,3,6-7,10,17-23H2,1H3,(H,38,52)(H,39,45)(H,40,51)(H,41,46)(H,42,47)/t27-,28-,44?/m0/s1. The Morgan fingerprint density at radius 2 is 1.49 bits per heavy atom. The molecule has 0 saturated carbocycles. The molecule has 18 nitrogen and oxygen atoms in total. The Balaban J connectivity index is 1.14. The first kappa shape index (κ1) is 41.2. The molecule has 2 atom stereocenters. The average Bonchev–Trinajstić information content (AvgIpc) is 3.93. The molecule has 2 aromatic rings. The summed E-state index contributed by atoms with van der Waals surface area (Å²) in [6.07, 6.45) is 3.56. The minimum atomic E-state index is -1.13. The molecule has 5 N–H and O–H groups in total. The highest BCUT2D eigenvalue weighted by atomic mass is 16.6. The lowest BCUT2D eigenvalue weighted by Gasteiger charge is -2.19. The Labute approximate surface area is 316 Å². The maximum absolute atomic E-state index is 13.1. The second kappa shape index (κ2) is 20.6. The van der Waals surface area contributed by atoms with Gasteiger partial charge in [-0.25, -0.2) is 4.79 Å². The molecule has 1 saturated heterocycles. The monoisotopic (exact) mass is 761 g/mol. The van der Waals surface area contributed by atoms with Crippen molar-refractivity contribution in [2.45, 2.75) is 50.8 Å². The number of anilines is 1.